The fourth-order valence-corrected chi connectivity index (χ4v) is 2.74. The summed E-state index contributed by atoms with van der Waals surface area (Å²) < 4.78 is 0. The van der Waals surface area contributed by atoms with Crippen LogP contribution in [0.4, 0.5) is 0 Å². The maximum atomic E-state index is 4.44. The monoisotopic (exact) mass is 223 g/mol. The summed E-state index contributed by atoms with van der Waals surface area (Å²) in [4.78, 5) is 4.44. The van der Waals surface area contributed by atoms with Crippen LogP contribution in [0, 0.1) is 11.8 Å². The highest BCUT2D eigenvalue weighted by Gasteiger charge is 2.20. The summed E-state index contributed by atoms with van der Waals surface area (Å²) in [5.41, 5.74) is 0. The lowest BCUT2D eigenvalue weighted by atomic mass is 9.81. The van der Waals surface area contributed by atoms with Crippen molar-refractivity contribution >= 4 is 5.96 Å². The quantitative estimate of drug-likeness (QED) is 0.769. The van der Waals surface area contributed by atoms with Crippen LogP contribution >= 0.6 is 0 Å². The van der Waals surface area contributed by atoms with E-state index in [0.717, 1.165) is 37.4 Å². The Kier molecular flexibility index (Phi) is 4.49. The first-order valence-electron chi connectivity index (χ1n) is 6.90. The number of rotatable bonds is 3. The highest BCUT2D eigenvalue weighted by atomic mass is 15.2. The van der Waals surface area contributed by atoms with Crippen molar-refractivity contribution in [3.63, 3.8) is 0 Å². The molecule has 0 aromatic rings. The number of nitrogens with one attached hydrogen (secondary N) is 2. The molecule has 0 aromatic carbocycles. The molecule has 3 heteroatoms. The first kappa shape index (κ1) is 11.7. The Morgan fingerprint density at radius 2 is 2.00 bits per heavy atom. The van der Waals surface area contributed by atoms with Gasteiger partial charge in [0.1, 0.15) is 0 Å². The van der Waals surface area contributed by atoms with Crippen LogP contribution in [0.25, 0.3) is 0 Å². The van der Waals surface area contributed by atoms with Gasteiger partial charge in [0.15, 0.2) is 5.96 Å². The summed E-state index contributed by atoms with van der Waals surface area (Å²) in [5.74, 6) is 2.90. The average molecular weight is 223 g/mol. The molecule has 2 N–H and O–H groups in total. The number of nitrogens with zero attached hydrogens (tertiary/aromatic N) is 1. The van der Waals surface area contributed by atoms with E-state index in [0.29, 0.717) is 0 Å². The summed E-state index contributed by atoms with van der Waals surface area (Å²) in [6.45, 7) is 5.50. The zero-order valence-corrected chi connectivity index (χ0v) is 10.5. The predicted octanol–water partition coefficient (Wildman–Crippen LogP) is 2.14. The van der Waals surface area contributed by atoms with E-state index in [2.05, 4.69) is 22.5 Å². The van der Waals surface area contributed by atoms with E-state index >= 15 is 0 Å². The molecular formula is C13H25N3. The largest absolute Gasteiger partial charge is 0.356 e. The first-order chi connectivity index (χ1) is 7.88. The molecule has 0 radical (unpaired) electrons. The van der Waals surface area contributed by atoms with Gasteiger partial charge in [-0.05, 0) is 31.1 Å². The number of aliphatic imine (C=N–C) groups is 1. The Balaban J connectivity index is 1.65. The molecule has 0 amide bonds. The van der Waals surface area contributed by atoms with E-state index in [1.54, 1.807) is 0 Å². The van der Waals surface area contributed by atoms with Crippen LogP contribution in [-0.4, -0.2) is 25.6 Å². The highest BCUT2D eigenvalue weighted by molar-refractivity contribution is 5.80. The molecule has 0 bridgehead atoms. The van der Waals surface area contributed by atoms with Gasteiger partial charge in [-0.3, -0.25) is 4.99 Å². The normalized spacial score (nSPS) is 30.4. The van der Waals surface area contributed by atoms with Gasteiger partial charge in [-0.15, -0.1) is 0 Å². The Morgan fingerprint density at radius 3 is 2.62 bits per heavy atom. The van der Waals surface area contributed by atoms with Gasteiger partial charge < -0.3 is 10.6 Å². The van der Waals surface area contributed by atoms with E-state index in [4.69, 9.17) is 0 Å². The van der Waals surface area contributed by atoms with E-state index in [1.807, 2.05) is 0 Å². The average Bonchev–Trinajstić information content (AvgIpc) is 2.38. The van der Waals surface area contributed by atoms with Crippen molar-refractivity contribution in [3.8, 4) is 0 Å². The molecular weight excluding hydrogens is 198 g/mol. The zero-order chi connectivity index (χ0) is 11.2. The molecule has 1 saturated carbocycles. The zero-order valence-electron chi connectivity index (χ0n) is 10.5. The number of hydrogen-bond acceptors (Lipinski definition) is 3. The second kappa shape index (κ2) is 6.12. The van der Waals surface area contributed by atoms with Crippen molar-refractivity contribution in [2.24, 2.45) is 16.8 Å². The van der Waals surface area contributed by atoms with Crippen LogP contribution in [-0.2, 0) is 0 Å². The summed E-state index contributed by atoms with van der Waals surface area (Å²) in [6, 6.07) is 0. The van der Waals surface area contributed by atoms with Crippen LogP contribution in [0.2, 0.25) is 0 Å². The van der Waals surface area contributed by atoms with E-state index in [-0.39, 0.29) is 0 Å². The summed E-state index contributed by atoms with van der Waals surface area (Å²) in [7, 11) is 0. The van der Waals surface area contributed by atoms with Gasteiger partial charge in [0, 0.05) is 19.6 Å². The highest BCUT2D eigenvalue weighted by Crippen LogP contribution is 2.29. The van der Waals surface area contributed by atoms with Gasteiger partial charge in [0.05, 0.1) is 0 Å². The van der Waals surface area contributed by atoms with Crippen molar-refractivity contribution in [2.45, 2.75) is 45.4 Å². The van der Waals surface area contributed by atoms with Crippen molar-refractivity contribution in [3.05, 3.63) is 0 Å². The Hall–Kier alpha value is -0.730. The van der Waals surface area contributed by atoms with Crippen LogP contribution in [0.1, 0.15) is 45.4 Å². The molecule has 16 heavy (non-hydrogen) atoms. The maximum Gasteiger partial charge on any atom is 0.191 e. The summed E-state index contributed by atoms with van der Waals surface area (Å²) in [5, 5.41) is 6.78. The molecule has 1 heterocycles. The van der Waals surface area contributed by atoms with Gasteiger partial charge in [-0.2, -0.15) is 0 Å². The third kappa shape index (κ3) is 3.39. The molecule has 3 nitrogen and oxygen atoms in total. The van der Waals surface area contributed by atoms with E-state index in [1.165, 1.54) is 38.5 Å². The summed E-state index contributed by atoms with van der Waals surface area (Å²) in [6.07, 6.45) is 8.21. The molecule has 0 saturated heterocycles. The molecule has 0 atom stereocenters. The van der Waals surface area contributed by atoms with Crippen molar-refractivity contribution in [1.29, 1.82) is 0 Å². The Morgan fingerprint density at radius 1 is 1.25 bits per heavy atom. The number of guanidine groups is 1. The SMILES string of the molecule is CCC1CCC(CNC2=NCCCN2)CC1. The molecule has 2 aliphatic rings. The lowest BCUT2D eigenvalue weighted by molar-refractivity contribution is 0.269. The van der Waals surface area contributed by atoms with Crippen LogP contribution in [0.15, 0.2) is 4.99 Å². The minimum absolute atomic E-state index is 0.870. The Labute approximate surface area is 99.1 Å². The van der Waals surface area contributed by atoms with Gasteiger partial charge in [-0.1, -0.05) is 26.2 Å². The number of hydrogen-bond donors (Lipinski definition) is 2. The molecule has 0 unspecified atom stereocenters. The summed E-state index contributed by atoms with van der Waals surface area (Å²) >= 11 is 0. The second-order valence-corrected chi connectivity index (χ2v) is 5.19. The van der Waals surface area contributed by atoms with Crippen molar-refractivity contribution in [1.82, 2.24) is 10.6 Å². The topological polar surface area (TPSA) is 36.4 Å². The lowest BCUT2D eigenvalue weighted by Crippen LogP contribution is -2.43. The first-order valence-corrected chi connectivity index (χ1v) is 6.90. The van der Waals surface area contributed by atoms with Crippen molar-refractivity contribution in [2.75, 3.05) is 19.6 Å². The molecule has 1 aliphatic heterocycles. The van der Waals surface area contributed by atoms with Gasteiger partial charge in [0.25, 0.3) is 0 Å². The van der Waals surface area contributed by atoms with E-state index < -0.39 is 0 Å². The maximum absolute atomic E-state index is 4.44. The minimum atomic E-state index is 0.870. The third-order valence-corrected chi connectivity index (χ3v) is 4.00. The van der Waals surface area contributed by atoms with Crippen LogP contribution in [0.5, 0.6) is 0 Å². The fourth-order valence-electron chi connectivity index (χ4n) is 2.74. The second-order valence-electron chi connectivity index (χ2n) is 5.19. The minimum Gasteiger partial charge on any atom is -0.356 e. The Bertz CT molecular complexity index is 229. The molecule has 1 fully saturated rings. The smallest absolute Gasteiger partial charge is 0.191 e. The standard InChI is InChI=1S/C13H25N3/c1-2-11-4-6-12(7-5-11)10-16-13-14-8-3-9-15-13/h11-12H,2-10H2,1H3,(H2,14,15,16). The van der Waals surface area contributed by atoms with Crippen molar-refractivity contribution < 1.29 is 0 Å². The lowest BCUT2D eigenvalue weighted by Gasteiger charge is -2.28. The molecule has 1 aliphatic carbocycles. The fraction of sp³-hybridized carbons (Fsp3) is 0.923. The van der Waals surface area contributed by atoms with E-state index in [9.17, 15) is 0 Å². The van der Waals surface area contributed by atoms with Gasteiger partial charge in [-0.25, -0.2) is 0 Å². The molecule has 0 spiro atoms. The molecule has 0 aromatic heterocycles. The molecule has 92 valence electrons. The van der Waals surface area contributed by atoms with Gasteiger partial charge in [0.2, 0.25) is 0 Å². The molecule has 2 rings (SSSR count). The van der Waals surface area contributed by atoms with Gasteiger partial charge >= 0.3 is 0 Å². The third-order valence-electron chi connectivity index (χ3n) is 4.00. The predicted molar refractivity (Wildman–Crippen MR) is 68.7 cm³/mol. The van der Waals surface area contributed by atoms with Crippen LogP contribution < -0.4 is 10.6 Å². The van der Waals surface area contributed by atoms with Crippen LogP contribution in [0.3, 0.4) is 0 Å².